The highest BCUT2D eigenvalue weighted by Crippen LogP contribution is 2.24. The summed E-state index contributed by atoms with van der Waals surface area (Å²) in [5, 5.41) is 3.66. The Morgan fingerprint density at radius 2 is 2.12 bits per heavy atom. The number of halogens is 2. The Morgan fingerprint density at radius 3 is 2.75 bits per heavy atom. The van der Waals surface area contributed by atoms with Crippen molar-refractivity contribution in [2.45, 2.75) is 6.61 Å². The lowest BCUT2D eigenvalue weighted by Crippen LogP contribution is -2.01. The van der Waals surface area contributed by atoms with Gasteiger partial charge in [0.15, 0.2) is 0 Å². The Labute approximate surface area is 89.6 Å². The van der Waals surface area contributed by atoms with Gasteiger partial charge in [0.1, 0.15) is 11.4 Å². The lowest BCUT2D eigenvalue weighted by molar-refractivity contribution is -0.0498. The third-order valence-corrected chi connectivity index (χ3v) is 1.88. The maximum absolute atomic E-state index is 12.0. The quantitative estimate of drug-likeness (QED) is 0.873. The molecule has 2 aromatic rings. The first-order chi connectivity index (χ1) is 7.65. The molecule has 0 atom stereocenters. The van der Waals surface area contributed by atoms with E-state index in [9.17, 15) is 8.78 Å². The molecule has 0 unspecified atom stereocenters. The SMILES string of the molecule is Nc1cc(-c2cccc(OC(F)F)c2)no1. The van der Waals surface area contributed by atoms with Crippen molar-refractivity contribution in [2.75, 3.05) is 5.73 Å². The highest BCUT2D eigenvalue weighted by Gasteiger charge is 2.08. The van der Waals surface area contributed by atoms with Crippen LogP contribution in [-0.4, -0.2) is 11.8 Å². The van der Waals surface area contributed by atoms with Gasteiger partial charge in [-0.3, -0.25) is 0 Å². The minimum atomic E-state index is -2.85. The van der Waals surface area contributed by atoms with Crippen molar-refractivity contribution < 1.29 is 18.0 Å². The van der Waals surface area contributed by atoms with Crippen LogP contribution in [0.2, 0.25) is 0 Å². The van der Waals surface area contributed by atoms with Crippen LogP contribution in [0.3, 0.4) is 0 Å². The molecular weight excluding hydrogens is 218 g/mol. The number of nitrogens with zero attached hydrogens (tertiary/aromatic N) is 1. The molecule has 0 amide bonds. The number of anilines is 1. The Balaban J connectivity index is 2.28. The molecule has 0 radical (unpaired) electrons. The molecule has 84 valence electrons. The van der Waals surface area contributed by atoms with Crippen LogP contribution >= 0.6 is 0 Å². The van der Waals surface area contributed by atoms with Gasteiger partial charge in [-0.2, -0.15) is 8.78 Å². The minimum Gasteiger partial charge on any atom is -0.435 e. The summed E-state index contributed by atoms with van der Waals surface area (Å²) in [6, 6.07) is 7.64. The second kappa shape index (κ2) is 4.18. The van der Waals surface area contributed by atoms with Gasteiger partial charge in [-0.1, -0.05) is 17.3 Å². The van der Waals surface area contributed by atoms with E-state index in [1.807, 2.05) is 0 Å². The van der Waals surface area contributed by atoms with E-state index < -0.39 is 6.61 Å². The van der Waals surface area contributed by atoms with E-state index in [1.165, 1.54) is 18.2 Å². The van der Waals surface area contributed by atoms with Crippen LogP contribution < -0.4 is 10.5 Å². The molecule has 0 aliphatic carbocycles. The molecule has 16 heavy (non-hydrogen) atoms. The smallest absolute Gasteiger partial charge is 0.387 e. The molecule has 1 aromatic carbocycles. The molecule has 0 spiro atoms. The minimum absolute atomic E-state index is 0.0640. The molecule has 0 saturated heterocycles. The van der Waals surface area contributed by atoms with Crippen molar-refractivity contribution in [3.05, 3.63) is 30.3 Å². The fourth-order valence-corrected chi connectivity index (χ4v) is 1.26. The van der Waals surface area contributed by atoms with E-state index in [2.05, 4.69) is 14.4 Å². The summed E-state index contributed by atoms with van der Waals surface area (Å²) in [4.78, 5) is 0. The molecule has 4 nitrogen and oxygen atoms in total. The standard InChI is InChI=1S/C10H8F2N2O2/c11-10(12)15-7-3-1-2-6(4-7)8-5-9(13)16-14-8/h1-5,10H,13H2. The average molecular weight is 226 g/mol. The van der Waals surface area contributed by atoms with Gasteiger partial charge in [-0.15, -0.1) is 0 Å². The topological polar surface area (TPSA) is 61.3 Å². The van der Waals surface area contributed by atoms with E-state index in [4.69, 9.17) is 5.73 Å². The highest BCUT2D eigenvalue weighted by atomic mass is 19.3. The number of rotatable bonds is 3. The molecule has 2 rings (SSSR count). The van der Waals surface area contributed by atoms with Crippen LogP contribution in [0.1, 0.15) is 0 Å². The van der Waals surface area contributed by atoms with Crippen LogP contribution in [0, 0.1) is 0 Å². The average Bonchev–Trinajstić information content (AvgIpc) is 2.64. The Morgan fingerprint density at radius 1 is 1.31 bits per heavy atom. The van der Waals surface area contributed by atoms with Gasteiger partial charge in [0, 0.05) is 11.6 Å². The number of benzene rings is 1. The molecule has 0 saturated carbocycles. The molecule has 0 aliphatic rings. The van der Waals surface area contributed by atoms with Gasteiger partial charge in [-0.05, 0) is 12.1 Å². The Bertz CT molecular complexity index is 485. The molecule has 2 N–H and O–H groups in total. The third kappa shape index (κ3) is 2.28. The van der Waals surface area contributed by atoms with Gasteiger partial charge in [0.25, 0.3) is 0 Å². The predicted molar refractivity (Wildman–Crippen MR) is 53.0 cm³/mol. The molecule has 0 aliphatic heterocycles. The van der Waals surface area contributed by atoms with Crippen LogP contribution in [0.25, 0.3) is 11.3 Å². The zero-order chi connectivity index (χ0) is 11.5. The second-order valence-corrected chi connectivity index (χ2v) is 3.02. The zero-order valence-electron chi connectivity index (χ0n) is 8.06. The van der Waals surface area contributed by atoms with Crippen molar-refractivity contribution in [3.63, 3.8) is 0 Å². The first-order valence-electron chi connectivity index (χ1n) is 4.42. The van der Waals surface area contributed by atoms with Crippen molar-refractivity contribution in [1.29, 1.82) is 0 Å². The molecule has 1 aromatic heterocycles. The fourth-order valence-electron chi connectivity index (χ4n) is 1.26. The number of nitrogen functional groups attached to an aromatic ring is 1. The number of aromatic nitrogens is 1. The summed E-state index contributed by atoms with van der Waals surface area (Å²) in [7, 11) is 0. The molecule has 6 heteroatoms. The van der Waals surface area contributed by atoms with Gasteiger partial charge >= 0.3 is 6.61 Å². The van der Waals surface area contributed by atoms with E-state index >= 15 is 0 Å². The normalized spacial score (nSPS) is 10.7. The van der Waals surface area contributed by atoms with Gasteiger partial charge in [0.2, 0.25) is 5.88 Å². The largest absolute Gasteiger partial charge is 0.435 e. The summed E-state index contributed by atoms with van der Waals surface area (Å²) in [6.07, 6.45) is 0. The van der Waals surface area contributed by atoms with Crippen LogP contribution in [0.4, 0.5) is 14.7 Å². The molecule has 0 bridgehead atoms. The number of hydrogen-bond acceptors (Lipinski definition) is 4. The van der Waals surface area contributed by atoms with E-state index in [0.29, 0.717) is 11.3 Å². The summed E-state index contributed by atoms with van der Waals surface area (Å²) in [6.45, 7) is -2.85. The van der Waals surface area contributed by atoms with Crippen LogP contribution in [0.5, 0.6) is 5.75 Å². The van der Waals surface area contributed by atoms with Gasteiger partial charge in [0.05, 0.1) is 0 Å². The zero-order valence-corrected chi connectivity index (χ0v) is 8.06. The fraction of sp³-hybridized carbons (Fsp3) is 0.100. The third-order valence-electron chi connectivity index (χ3n) is 1.88. The molecule has 1 heterocycles. The maximum Gasteiger partial charge on any atom is 0.387 e. The first kappa shape index (κ1) is 10.4. The molecule has 0 fully saturated rings. The number of alkyl halides is 2. The second-order valence-electron chi connectivity index (χ2n) is 3.02. The van der Waals surface area contributed by atoms with Crippen LogP contribution in [0.15, 0.2) is 34.9 Å². The summed E-state index contributed by atoms with van der Waals surface area (Å²) in [5.74, 6) is 0.226. The van der Waals surface area contributed by atoms with Crippen molar-refractivity contribution in [3.8, 4) is 17.0 Å². The first-order valence-corrected chi connectivity index (χ1v) is 4.42. The van der Waals surface area contributed by atoms with Crippen LogP contribution in [-0.2, 0) is 0 Å². The summed E-state index contributed by atoms with van der Waals surface area (Å²) < 4.78 is 32.9. The lowest BCUT2D eigenvalue weighted by atomic mass is 10.1. The number of nitrogens with two attached hydrogens (primary N) is 1. The highest BCUT2D eigenvalue weighted by molar-refractivity contribution is 5.62. The Kier molecular flexibility index (Phi) is 2.72. The van der Waals surface area contributed by atoms with Gasteiger partial charge < -0.3 is 15.0 Å². The van der Waals surface area contributed by atoms with Crippen molar-refractivity contribution >= 4 is 5.88 Å². The van der Waals surface area contributed by atoms with Crippen molar-refractivity contribution in [2.24, 2.45) is 0 Å². The summed E-state index contributed by atoms with van der Waals surface area (Å²) in [5.41, 5.74) is 6.42. The maximum atomic E-state index is 12.0. The number of hydrogen-bond donors (Lipinski definition) is 1. The predicted octanol–water partition coefficient (Wildman–Crippen LogP) is 2.53. The lowest BCUT2D eigenvalue weighted by Gasteiger charge is -2.04. The van der Waals surface area contributed by atoms with E-state index in [0.717, 1.165) is 0 Å². The number of ether oxygens (including phenoxy) is 1. The summed E-state index contributed by atoms with van der Waals surface area (Å²) >= 11 is 0. The van der Waals surface area contributed by atoms with E-state index in [-0.39, 0.29) is 11.6 Å². The van der Waals surface area contributed by atoms with Crippen molar-refractivity contribution in [1.82, 2.24) is 5.16 Å². The molecular formula is C10H8F2N2O2. The monoisotopic (exact) mass is 226 g/mol. The van der Waals surface area contributed by atoms with Gasteiger partial charge in [-0.25, -0.2) is 0 Å². The Hall–Kier alpha value is -2.11. The van der Waals surface area contributed by atoms with E-state index in [1.54, 1.807) is 12.1 Å².